The highest BCUT2D eigenvalue weighted by Gasteiger charge is 2.15. The number of nitrogens with one attached hydrogen (secondary N) is 2. The lowest BCUT2D eigenvalue weighted by Crippen LogP contribution is -2.24. The molecule has 2 heterocycles. The second-order valence-electron chi connectivity index (χ2n) is 7.44. The summed E-state index contributed by atoms with van der Waals surface area (Å²) in [5, 5.41) is 15.0. The Morgan fingerprint density at radius 3 is 2.76 bits per heavy atom. The molecule has 2 aromatic heterocycles. The number of benzene rings is 2. The summed E-state index contributed by atoms with van der Waals surface area (Å²) in [6, 6.07) is 16.7. The van der Waals surface area contributed by atoms with Crippen molar-refractivity contribution in [1.82, 2.24) is 25.3 Å². The molecule has 0 aliphatic rings. The molecule has 0 unspecified atom stereocenters. The van der Waals surface area contributed by atoms with Gasteiger partial charge in [0.15, 0.2) is 0 Å². The van der Waals surface area contributed by atoms with Crippen LogP contribution in [0, 0.1) is 6.92 Å². The first-order valence-corrected chi connectivity index (χ1v) is 10.7. The van der Waals surface area contributed by atoms with E-state index >= 15 is 0 Å². The highest BCUT2D eigenvalue weighted by molar-refractivity contribution is 6.30. The smallest absolute Gasteiger partial charge is 0.255 e. The Balaban J connectivity index is 1.42. The summed E-state index contributed by atoms with van der Waals surface area (Å²) in [6.45, 7) is 2.78. The van der Waals surface area contributed by atoms with E-state index in [4.69, 9.17) is 16.3 Å². The molecule has 33 heavy (non-hydrogen) atoms. The van der Waals surface area contributed by atoms with Crippen molar-refractivity contribution in [2.45, 2.75) is 20.0 Å². The number of carbonyl (C=O) groups excluding carboxylic acids is 1. The summed E-state index contributed by atoms with van der Waals surface area (Å²) >= 11 is 5.93. The van der Waals surface area contributed by atoms with E-state index in [0.29, 0.717) is 34.4 Å². The summed E-state index contributed by atoms with van der Waals surface area (Å²) in [7, 11) is 1.60. The molecule has 2 N–H and O–H groups in total. The van der Waals surface area contributed by atoms with Gasteiger partial charge in [0.2, 0.25) is 0 Å². The molecule has 2 aromatic carbocycles. The molecule has 0 fully saturated rings. The van der Waals surface area contributed by atoms with Crippen molar-refractivity contribution in [3.05, 3.63) is 94.4 Å². The van der Waals surface area contributed by atoms with Crippen molar-refractivity contribution in [3.63, 3.8) is 0 Å². The van der Waals surface area contributed by atoms with E-state index in [1.807, 2.05) is 49.4 Å². The molecular formula is C24H23ClN6O2. The van der Waals surface area contributed by atoms with Crippen molar-refractivity contribution in [1.29, 1.82) is 0 Å². The van der Waals surface area contributed by atoms with Crippen LogP contribution in [0.25, 0.3) is 0 Å². The van der Waals surface area contributed by atoms with E-state index in [1.54, 1.807) is 36.3 Å². The van der Waals surface area contributed by atoms with Gasteiger partial charge in [-0.15, -0.1) is 5.10 Å². The summed E-state index contributed by atoms with van der Waals surface area (Å²) in [5.41, 5.74) is 3.90. The molecule has 0 bridgehead atoms. The quantitative estimate of drug-likeness (QED) is 0.404. The number of rotatable bonds is 8. The fraction of sp³-hybridized carbons (Fsp3) is 0.167. The number of carbonyl (C=O) groups is 1. The molecule has 0 saturated carbocycles. The Bertz CT molecular complexity index is 1260. The fourth-order valence-corrected chi connectivity index (χ4v) is 3.40. The summed E-state index contributed by atoms with van der Waals surface area (Å²) in [5.74, 6) is 0.824. The van der Waals surface area contributed by atoms with Crippen molar-refractivity contribution in [2.24, 2.45) is 0 Å². The van der Waals surface area contributed by atoms with Crippen molar-refractivity contribution >= 4 is 29.0 Å². The zero-order chi connectivity index (χ0) is 23.2. The van der Waals surface area contributed by atoms with Crippen LogP contribution in [0.4, 0.5) is 11.5 Å². The van der Waals surface area contributed by atoms with E-state index in [1.165, 1.54) is 0 Å². The van der Waals surface area contributed by atoms with Crippen molar-refractivity contribution in [3.8, 4) is 5.75 Å². The normalized spacial score (nSPS) is 10.6. The van der Waals surface area contributed by atoms with Crippen LogP contribution in [0.1, 0.15) is 27.2 Å². The van der Waals surface area contributed by atoms with Gasteiger partial charge in [0.1, 0.15) is 17.3 Å². The third-order valence-electron chi connectivity index (χ3n) is 4.93. The molecule has 0 aliphatic carbocycles. The van der Waals surface area contributed by atoms with Crippen LogP contribution < -0.4 is 15.4 Å². The lowest BCUT2D eigenvalue weighted by Gasteiger charge is -2.14. The Kier molecular flexibility index (Phi) is 6.85. The van der Waals surface area contributed by atoms with E-state index in [-0.39, 0.29) is 12.5 Å². The first kappa shape index (κ1) is 22.3. The zero-order valence-corrected chi connectivity index (χ0v) is 19.0. The molecule has 4 rings (SSSR count). The van der Waals surface area contributed by atoms with Gasteiger partial charge < -0.3 is 15.4 Å². The number of hydrogen-bond acceptors (Lipinski definition) is 6. The number of aromatic nitrogens is 4. The molecule has 0 saturated heterocycles. The lowest BCUT2D eigenvalue weighted by atomic mass is 10.2. The number of nitrogens with zero attached hydrogens (tertiary/aromatic N) is 4. The number of methoxy groups -OCH3 is 1. The van der Waals surface area contributed by atoms with Crippen LogP contribution in [0.2, 0.25) is 5.02 Å². The predicted molar refractivity (Wildman–Crippen MR) is 127 cm³/mol. The van der Waals surface area contributed by atoms with Crippen molar-refractivity contribution < 1.29 is 9.53 Å². The SMILES string of the molecule is COc1ccc(C)cc1Nc1ncccc1C(=O)NCc1cn(Cc2ccc(Cl)cc2)nn1. The minimum atomic E-state index is -0.274. The third kappa shape index (κ3) is 5.67. The Morgan fingerprint density at radius 1 is 1.15 bits per heavy atom. The molecule has 9 heteroatoms. The number of anilines is 2. The predicted octanol–water partition coefficient (Wildman–Crippen LogP) is 4.37. The maximum atomic E-state index is 12.9. The number of pyridine rings is 1. The second kappa shape index (κ2) is 10.1. The van der Waals surface area contributed by atoms with Gasteiger partial charge >= 0.3 is 0 Å². The standard InChI is InChI=1S/C24H23ClN6O2/c1-16-5-10-22(33-2)21(12-16)28-23-20(4-3-11-26-23)24(32)27-13-19-15-31(30-29-19)14-17-6-8-18(25)9-7-17/h3-12,15H,13-14H2,1-2H3,(H,26,28)(H,27,32). The molecule has 168 valence electrons. The van der Waals surface area contributed by atoms with Crippen LogP contribution in [0.3, 0.4) is 0 Å². The average Bonchev–Trinajstić information content (AvgIpc) is 3.27. The molecule has 4 aromatic rings. The van der Waals surface area contributed by atoms with Crippen LogP contribution in [0.5, 0.6) is 5.75 Å². The molecule has 1 amide bonds. The van der Waals surface area contributed by atoms with E-state index in [2.05, 4.69) is 25.9 Å². The van der Waals surface area contributed by atoms with Crippen LogP contribution in [-0.2, 0) is 13.1 Å². The van der Waals surface area contributed by atoms with Gasteiger partial charge in [-0.2, -0.15) is 0 Å². The first-order valence-electron chi connectivity index (χ1n) is 10.3. The number of ether oxygens (including phenoxy) is 1. The molecule has 0 aliphatic heterocycles. The highest BCUT2D eigenvalue weighted by atomic mass is 35.5. The molecule has 8 nitrogen and oxygen atoms in total. The first-order chi connectivity index (χ1) is 16.0. The minimum absolute atomic E-state index is 0.238. The van der Waals surface area contributed by atoms with Gasteiger partial charge in [-0.1, -0.05) is 35.0 Å². The van der Waals surface area contributed by atoms with Gasteiger partial charge in [-0.25, -0.2) is 9.67 Å². The summed E-state index contributed by atoms with van der Waals surface area (Å²) in [6.07, 6.45) is 3.43. The topological polar surface area (TPSA) is 94.0 Å². The van der Waals surface area contributed by atoms with E-state index in [9.17, 15) is 4.79 Å². The van der Waals surface area contributed by atoms with Gasteiger partial charge in [-0.05, 0) is 54.4 Å². The minimum Gasteiger partial charge on any atom is -0.495 e. The Hall–Kier alpha value is -3.91. The Labute approximate surface area is 196 Å². The van der Waals surface area contributed by atoms with Crippen LogP contribution in [-0.4, -0.2) is 33.0 Å². The number of aryl methyl sites for hydroxylation is 1. The third-order valence-corrected chi connectivity index (χ3v) is 5.19. The number of amides is 1. The van der Waals surface area contributed by atoms with Gasteiger partial charge in [0, 0.05) is 11.2 Å². The lowest BCUT2D eigenvalue weighted by molar-refractivity contribution is 0.0951. The zero-order valence-electron chi connectivity index (χ0n) is 18.2. The van der Waals surface area contributed by atoms with Gasteiger partial charge in [-0.3, -0.25) is 4.79 Å². The number of hydrogen-bond donors (Lipinski definition) is 2. The van der Waals surface area contributed by atoms with Gasteiger partial charge in [0.05, 0.1) is 37.6 Å². The molecular weight excluding hydrogens is 440 g/mol. The average molecular weight is 463 g/mol. The van der Waals surface area contributed by atoms with Crippen molar-refractivity contribution in [2.75, 3.05) is 12.4 Å². The molecule has 0 spiro atoms. The fourth-order valence-electron chi connectivity index (χ4n) is 3.27. The van der Waals surface area contributed by atoms with Gasteiger partial charge in [0.25, 0.3) is 5.91 Å². The number of halogens is 1. The maximum Gasteiger partial charge on any atom is 0.255 e. The van der Waals surface area contributed by atoms with E-state index in [0.717, 1.165) is 16.8 Å². The Morgan fingerprint density at radius 2 is 1.97 bits per heavy atom. The highest BCUT2D eigenvalue weighted by Crippen LogP contribution is 2.29. The molecule has 0 radical (unpaired) electrons. The monoisotopic (exact) mass is 462 g/mol. The second-order valence-corrected chi connectivity index (χ2v) is 7.88. The molecule has 0 atom stereocenters. The van der Waals surface area contributed by atoms with Crippen LogP contribution in [0.15, 0.2) is 67.0 Å². The van der Waals surface area contributed by atoms with Crippen LogP contribution >= 0.6 is 11.6 Å². The maximum absolute atomic E-state index is 12.9. The largest absolute Gasteiger partial charge is 0.495 e. The summed E-state index contributed by atoms with van der Waals surface area (Å²) in [4.78, 5) is 17.2. The van der Waals surface area contributed by atoms with E-state index < -0.39 is 0 Å². The summed E-state index contributed by atoms with van der Waals surface area (Å²) < 4.78 is 7.13.